The summed E-state index contributed by atoms with van der Waals surface area (Å²) in [5, 5.41) is 117. The largest absolute Gasteiger partial charge is 0.394 e. The Bertz CT molecular complexity index is 521. The maximum Gasteiger partial charge on any atom is 0.251 e. The van der Waals surface area contributed by atoms with E-state index in [1.807, 2.05) is 10.6 Å². The Labute approximate surface area is 181 Å². The smallest absolute Gasteiger partial charge is 0.251 e. The van der Waals surface area contributed by atoms with Crippen molar-refractivity contribution in [3.8, 4) is 0 Å². The van der Waals surface area contributed by atoms with E-state index in [0.29, 0.717) is 0 Å². The van der Waals surface area contributed by atoms with Gasteiger partial charge in [0.2, 0.25) is 0 Å². The van der Waals surface area contributed by atoms with Crippen LogP contribution in [0.4, 0.5) is 0 Å². The SMILES string of the molecule is O=C(NCCNC(=O)[C@H](O)[C@H](O)[C@@H](O)[C@H](O)[C@H](O)CO)[C@H](O)[C@H](O)[C@@H](O)[C@H](O)[C@H](O)CO. The van der Waals surface area contributed by atoms with Gasteiger partial charge in [0.1, 0.15) is 48.8 Å². The van der Waals surface area contributed by atoms with Crippen LogP contribution in [-0.2, 0) is 9.59 Å². The van der Waals surface area contributed by atoms with Gasteiger partial charge in [0.05, 0.1) is 13.2 Å². The van der Waals surface area contributed by atoms with Gasteiger partial charge in [-0.05, 0) is 0 Å². The zero-order valence-corrected chi connectivity index (χ0v) is 16.8. The average molecular weight is 476 g/mol. The number of aliphatic hydroxyl groups excluding tert-OH is 12. The number of aliphatic hydroxyl groups is 12. The van der Waals surface area contributed by atoms with Crippen LogP contribution in [0.5, 0.6) is 0 Å². The highest BCUT2D eigenvalue weighted by Gasteiger charge is 2.38. The molecule has 2 amide bonds. The van der Waals surface area contributed by atoms with Crippen molar-refractivity contribution in [2.45, 2.75) is 61.0 Å². The Balaban J connectivity index is 4.53. The van der Waals surface area contributed by atoms with E-state index in [-0.39, 0.29) is 0 Å². The van der Waals surface area contributed by atoms with E-state index in [9.17, 15) is 60.7 Å². The molecule has 14 N–H and O–H groups in total. The molecule has 0 heterocycles. The third-order valence-corrected chi connectivity index (χ3v) is 4.47. The number of hydrogen-bond acceptors (Lipinski definition) is 14. The molecule has 0 aromatic rings. The van der Waals surface area contributed by atoms with E-state index in [0.717, 1.165) is 0 Å². The molecule has 0 aliphatic carbocycles. The minimum atomic E-state index is -2.27. The molecule has 0 saturated heterocycles. The third kappa shape index (κ3) is 8.77. The highest BCUT2D eigenvalue weighted by Crippen LogP contribution is 2.10. The van der Waals surface area contributed by atoms with Crippen LogP contribution < -0.4 is 10.6 Å². The monoisotopic (exact) mass is 476 g/mol. The first kappa shape index (κ1) is 30.5. The van der Waals surface area contributed by atoms with Crippen LogP contribution in [0.1, 0.15) is 0 Å². The molecule has 0 bridgehead atoms. The summed E-state index contributed by atoms with van der Waals surface area (Å²) in [5.74, 6) is -2.51. The van der Waals surface area contributed by atoms with E-state index in [4.69, 9.17) is 10.2 Å². The zero-order chi connectivity index (χ0) is 25.2. The maximum atomic E-state index is 11.8. The van der Waals surface area contributed by atoms with Crippen molar-refractivity contribution >= 4 is 11.8 Å². The predicted octanol–water partition coefficient (Wildman–Crippen LogP) is -9.19. The van der Waals surface area contributed by atoms with Crippen LogP contribution in [0.3, 0.4) is 0 Å². The maximum absolute atomic E-state index is 11.8. The second kappa shape index (κ2) is 14.6. The molecule has 0 aromatic heterocycles. The second-order valence-electron chi connectivity index (χ2n) is 6.92. The minimum absolute atomic E-state index is 0.399. The number of carbonyl (C=O) groups is 2. The highest BCUT2D eigenvalue weighted by atomic mass is 16.4. The molecular weight excluding hydrogens is 444 g/mol. The summed E-state index contributed by atoms with van der Waals surface area (Å²) in [6.07, 6.45) is -21.3. The third-order valence-electron chi connectivity index (χ3n) is 4.47. The number of hydrogen-bond donors (Lipinski definition) is 14. The van der Waals surface area contributed by atoms with Gasteiger partial charge in [-0.1, -0.05) is 0 Å². The van der Waals surface area contributed by atoms with Crippen LogP contribution in [0.15, 0.2) is 0 Å². The van der Waals surface area contributed by atoms with Gasteiger partial charge in [0.25, 0.3) is 11.8 Å². The molecule has 10 atom stereocenters. The highest BCUT2D eigenvalue weighted by molar-refractivity contribution is 5.82. The van der Waals surface area contributed by atoms with Gasteiger partial charge in [-0.15, -0.1) is 0 Å². The average Bonchev–Trinajstić information content (AvgIpc) is 2.80. The number of rotatable bonds is 15. The first-order valence-corrected chi connectivity index (χ1v) is 9.39. The van der Waals surface area contributed by atoms with Gasteiger partial charge in [0, 0.05) is 13.1 Å². The van der Waals surface area contributed by atoms with Gasteiger partial charge < -0.3 is 71.9 Å². The van der Waals surface area contributed by atoms with E-state index >= 15 is 0 Å². The predicted molar refractivity (Wildman–Crippen MR) is 100 cm³/mol. The molecule has 0 radical (unpaired) electrons. The molecule has 16 heteroatoms. The van der Waals surface area contributed by atoms with Crippen molar-refractivity contribution in [2.75, 3.05) is 26.3 Å². The molecule has 32 heavy (non-hydrogen) atoms. The van der Waals surface area contributed by atoms with Crippen LogP contribution in [0.25, 0.3) is 0 Å². The molecule has 0 aliphatic heterocycles. The van der Waals surface area contributed by atoms with Crippen molar-refractivity contribution < 1.29 is 70.9 Å². The summed E-state index contributed by atoms with van der Waals surface area (Å²) < 4.78 is 0. The Morgan fingerprint density at radius 1 is 0.500 bits per heavy atom. The summed E-state index contributed by atoms with van der Waals surface area (Å²) in [4.78, 5) is 23.5. The van der Waals surface area contributed by atoms with Gasteiger partial charge in [0.15, 0.2) is 12.2 Å². The van der Waals surface area contributed by atoms with Crippen molar-refractivity contribution in [1.29, 1.82) is 0 Å². The van der Waals surface area contributed by atoms with Crippen molar-refractivity contribution in [3.63, 3.8) is 0 Å². The van der Waals surface area contributed by atoms with Crippen LogP contribution >= 0.6 is 0 Å². The normalized spacial score (nSPS) is 21.2. The molecule has 190 valence electrons. The molecular formula is C16H32N2O14. The first-order valence-electron chi connectivity index (χ1n) is 9.39. The fourth-order valence-electron chi connectivity index (χ4n) is 2.34. The van der Waals surface area contributed by atoms with Crippen molar-refractivity contribution in [2.24, 2.45) is 0 Å². The summed E-state index contributed by atoms with van der Waals surface area (Å²) in [6, 6.07) is 0. The number of carbonyl (C=O) groups excluding carboxylic acids is 2. The topological polar surface area (TPSA) is 301 Å². The summed E-state index contributed by atoms with van der Waals surface area (Å²) in [6.45, 7) is -2.73. The van der Waals surface area contributed by atoms with E-state index in [1.165, 1.54) is 0 Å². The molecule has 0 spiro atoms. The van der Waals surface area contributed by atoms with E-state index in [1.54, 1.807) is 0 Å². The Kier molecular flexibility index (Phi) is 13.9. The van der Waals surface area contributed by atoms with Gasteiger partial charge in [-0.3, -0.25) is 9.59 Å². The molecule has 0 unspecified atom stereocenters. The zero-order valence-electron chi connectivity index (χ0n) is 16.8. The fraction of sp³-hybridized carbons (Fsp3) is 0.875. The van der Waals surface area contributed by atoms with E-state index < -0.39 is 99.2 Å². The molecule has 16 nitrogen and oxygen atoms in total. The van der Waals surface area contributed by atoms with Gasteiger partial charge >= 0.3 is 0 Å². The fourth-order valence-corrected chi connectivity index (χ4v) is 2.34. The second-order valence-corrected chi connectivity index (χ2v) is 6.92. The standard InChI is InChI=1S/C16H32N2O14/c19-3-5(21)7(23)9(25)11(27)13(29)15(31)17-1-2-18-16(32)14(30)12(28)10(26)8(24)6(22)4-20/h5-14,19-30H,1-4H2,(H,17,31)(H,18,32)/t5-,6-,7-,8-,9+,10+,11-,12-,13-,14-/m1/s1. The quantitative estimate of drug-likeness (QED) is 0.0976. The van der Waals surface area contributed by atoms with Crippen molar-refractivity contribution in [1.82, 2.24) is 10.6 Å². The Morgan fingerprint density at radius 3 is 1.03 bits per heavy atom. The molecule has 0 saturated carbocycles. The summed E-state index contributed by atoms with van der Waals surface area (Å²) in [5.41, 5.74) is 0. The van der Waals surface area contributed by atoms with Crippen LogP contribution in [-0.4, -0.2) is 160 Å². The number of nitrogens with one attached hydrogen (secondary N) is 2. The van der Waals surface area contributed by atoms with Gasteiger partial charge in [-0.2, -0.15) is 0 Å². The lowest BCUT2D eigenvalue weighted by molar-refractivity contribution is -0.157. The lowest BCUT2D eigenvalue weighted by Gasteiger charge is -2.28. The Morgan fingerprint density at radius 2 is 0.781 bits per heavy atom. The number of amides is 2. The molecule has 0 aromatic carbocycles. The molecule has 0 rings (SSSR count). The molecule has 0 fully saturated rings. The van der Waals surface area contributed by atoms with Gasteiger partial charge in [-0.25, -0.2) is 0 Å². The summed E-state index contributed by atoms with van der Waals surface area (Å²) >= 11 is 0. The van der Waals surface area contributed by atoms with E-state index in [2.05, 4.69) is 0 Å². The van der Waals surface area contributed by atoms with Crippen molar-refractivity contribution in [3.05, 3.63) is 0 Å². The minimum Gasteiger partial charge on any atom is -0.394 e. The van der Waals surface area contributed by atoms with Crippen LogP contribution in [0, 0.1) is 0 Å². The van der Waals surface area contributed by atoms with Crippen LogP contribution in [0.2, 0.25) is 0 Å². The lowest BCUT2D eigenvalue weighted by Crippen LogP contribution is -2.55. The molecule has 0 aliphatic rings. The Hall–Kier alpha value is -1.54. The lowest BCUT2D eigenvalue weighted by atomic mass is 9.99. The summed E-state index contributed by atoms with van der Waals surface area (Å²) in [7, 11) is 0. The first-order chi connectivity index (χ1) is 14.8.